The van der Waals surface area contributed by atoms with E-state index in [1.165, 1.54) is 6.92 Å². The maximum absolute atomic E-state index is 13.0. The first-order valence-electron chi connectivity index (χ1n) is 10.4. The number of nitrogens with one attached hydrogen (secondary N) is 2. The molecule has 8 nitrogen and oxygen atoms in total. The van der Waals surface area contributed by atoms with Crippen molar-refractivity contribution in [2.75, 3.05) is 24.9 Å². The van der Waals surface area contributed by atoms with Gasteiger partial charge in [-0.1, -0.05) is 12.1 Å². The van der Waals surface area contributed by atoms with Crippen LogP contribution in [0.15, 0.2) is 77.3 Å². The van der Waals surface area contributed by atoms with Crippen LogP contribution in [0.2, 0.25) is 0 Å². The normalized spacial score (nSPS) is 10.4. The number of anilines is 2. The number of rotatable bonds is 7. The zero-order valence-electron chi connectivity index (χ0n) is 18.9. The molecule has 34 heavy (non-hydrogen) atoms. The summed E-state index contributed by atoms with van der Waals surface area (Å²) in [7, 11) is 3.15. The van der Waals surface area contributed by atoms with Crippen LogP contribution in [0.1, 0.15) is 17.3 Å². The Hall–Kier alpha value is -4.59. The number of hydrogen-bond donors (Lipinski definition) is 2. The summed E-state index contributed by atoms with van der Waals surface area (Å²) >= 11 is 0. The number of methoxy groups -OCH3 is 2. The zero-order chi connectivity index (χ0) is 24.1. The molecule has 3 aromatic carbocycles. The Labute approximate surface area is 196 Å². The Kier molecular flexibility index (Phi) is 6.59. The van der Waals surface area contributed by atoms with Crippen molar-refractivity contribution in [3.63, 3.8) is 0 Å². The minimum absolute atomic E-state index is 0.164. The largest absolute Gasteiger partial charge is 0.497 e. The van der Waals surface area contributed by atoms with Crippen LogP contribution in [0.5, 0.6) is 11.5 Å². The molecule has 2 amide bonds. The first-order chi connectivity index (χ1) is 16.5. The van der Waals surface area contributed by atoms with E-state index in [1.54, 1.807) is 75.0 Å². The molecule has 1 aromatic heterocycles. The highest BCUT2D eigenvalue weighted by atomic mass is 16.5. The first kappa shape index (κ1) is 22.6. The quantitative estimate of drug-likeness (QED) is 0.394. The van der Waals surface area contributed by atoms with E-state index in [0.717, 1.165) is 0 Å². The number of hydrogen-bond acceptors (Lipinski definition) is 6. The summed E-state index contributed by atoms with van der Waals surface area (Å²) < 4.78 is 16.7. The van der Waals surface area contributed by atoms with E-state index in [-0.39, 0.29) is 11.8 Å². The minimum atomic E-state index is -0.315. The van der Waals surface area contributed by atoms with Gasteiger partial charge in [0.1, 0.15) is 11.5 Å². The summed E-state index contributed by atoms with van der Waals surface area (Å²) in [5.74, 6) is 1.56. The van der Waals surface area contributed by atoms with E-state index < -0.39 is 0 Å². The van der Waals surface area contributed by atoms with Gasteiger partial charge in [-0.25, -0.2) is 4.98 Å². The maximum atomic E-state index is 13.0. The number of oxazole rings is 1. The van der Waals surface area contributed by atoms with Gasteiger partial charge >= 0.3 is 0 Å². The minimum Gasteiger partial charge on any atom is -0.497 e. The molecule has 0 bridgehead atoms. The molecule has 0 unspecified atom stereocenters. The van der Waals surface area contributed by atoms with E-state index in [1.807, 2.05) is 12.1 Å². The topological polar surface area (TPSA) is 103 Å². The van der Waals surface area contributed by atoms with Crippen LogP contribution in [-0.4, -0.2) is 31.0 Å². The predicted octanol–water partition coefficient (Wildman–Crippen LogP) is 5.24. The van der Waals surface area contributed by atoms with Gasteiger partial charge < -0.3 is 24.5 Å². The van der Waals surface area contributed by atoms with Crippen LogP contribution in [0.4, 0.5) is 11.4 Å². The lowest BCUT2D eigenvalue weighted by atomic mass is 10.1. The standard InChI is InChI=1S/C26H23N3O5/c1-16(30)28-17-8-10-18(11-9-17)29-25(31)20-6-4-5-7-21(20)26-27-15-24(34-26)22-13-12-19(32-2)14-23(22)33-3/h4-15H,1-3H3,(H,28,30)(H,29,31). The summed E-state index contributed by atoms with van der Waals surface area (Å²) in [5.41, 5.74) is 2.90. The van der Waals surface area contributed by atoms with Gasteiger partial charge in [0.2, 0.25) is 11.8 Å². The lowest BCUT2D eigenvalue weighted by Crippen LogP contribution is -2.13. The molecule has 8 heteroatoms. The highest BCUT2D eigenvalue weighted by molar-refractivity contribution is 6.08. The number of aromatic nitrogens is 1. The number of benzene rings is 3. The van der Waals surface area contributed by atoms with E-state index in [2.05, 4.69) is 15.6 Å². The predicted molar refractivity (Wildman–Crippen MR) is 129 cm³/mol. The number of amides is 2. The van der Waals surface area contributed by atoms with Gasteiger partial charge in [0.05, 0.1) is 31.5 Å². The molecule has 172 valence electrons. The Balaban J connectivity index is 1.59. The van der Waals surface area contributed by atoms with Crippen molar-refractivity contribution in [3.05, 3.63) is 78.5 Å². The SMILES string of the molecule is COc1ccc(-c2cnc(-c3ccccc3C(=O)Nc3ccc(NC(C)=O)cc3)o2)c(OC)c1. The fourth-order valence-electron chi connectivity index (χ4n) is 3.43. The second-order valence-electron chi connectivity index (χ2n) is 7.35. The molecule has 0 spiro atoms. The Bertz CT molecular complexity index is 1330. The summed E-state index contributed by atoms with van der Waals surface area (Å²) in [5, 5.41) is 5.55. The average Bonchev–Trinajstić information content (AvgIpc) is 3.34. The van der Waals surface area contributed by atoms with Crippen LogP contribution < -0.4 is 20.1 Å². The first-order valence-corrected chi connectivity index (χ1v) is 10.4. The average molecular weight is 457 g/mol. The molecule has 0 saturated heterocycles. The summed E-state index contributed by atoms with van der Waals surface area (Å²) in [6.45, 7) is 1.44. The van der Waals surface area contributed by atoms with Crippen molar-refractivity contribution >= 4 is 23.2 Å². The van der Waals surface area contributed by atoms with Gasteiger partial charge in [-0.05, 0) is 48.5 Å². The van der Waals surface area contributed by atoms with Gasteiger partial charge in [-0.15, -0.1) is 0 Å². The fraction of sp³-hybridized carbons (Fsp3) is 0.115. The van der Waals surface area contributed by atoms with E-state index in [9.17, 15) is 9.59 Å². The Morgan fingerprint density at radius 1 is 0.853 bits per heavy atom. The van der Waals surface area contributed by atoms with Gasteiger partial charge in [-0.3, -0.25) is 9.59 Å². The van der Waals surface area contributed by atoms with Crippen molar-refractivity contribution in [1.82, 2.24) is 4.98 Å². The Morgan fingerprint density at radius 3 is 2.24 bits per heavy atom. The monoisotopic (exact) mass is 457 g/mol. The molecule has 0 aliphatic carbocycles. The van der Waals surface area contributed by atoms with E-state index in [0.29, 0.717) is 51.2 Å². The molecule has 4 aromatic rings. The van der Waals surface area contributed by atoms with Crippen molar-refractivity contribution in [2.24, 2.45) is 0 Å². The molecule has 1 heterocycles. The number of carbonyl (C=O) groups is 2. The zero-order valence-corrected chi connectivity index (χ0v) is 18.9. The highest BCUT2D eigenvalue weighted by Gasteiger charge is 2.19. The molecule has 0 radical (unpaired) electrons. The van der Waals surface area contributed by atoms with E-state index >= 15 is 0 Å². The molecule has 0 saturated carbocycles. The van der Waals surface area contributed by atoms with Crippen LogP contribution in [0, 0.1) is 0 Å². The van der Waals surface area contributed by atoms with Crippen molar-refractivity contribution in [1.29, 1.82) is 0 Å². The number of carbonyl (C=O) groups excluding carboxylic acids is 2. The second-order valence-corrected chi connectivity index (χ2v) is 7.35. The van der Waals surface area contributed by atoms with Crippen LogP contribution >= 0.6 is 0 Å². The summed E-state index contributed by atoms with van der Waals surface area (Å²) in [6, 6.07) is 19.3. The van der Waals surface area contributed by atoms with Crippen molar-refractivity contribution < 1.29 is 23.5 Å². The van der Waals surface area contributed by atoms with Gasteiger partial charge in [0.25, 0.3) is 5.91 Å². The lowest BCUT2D eigenvalue weighted by molar-refractivity contribution is -0.114. The number of nitrogens with zero attached hydrogens (tertiary/aromatic N) is 1. The fourth-order valence-corrected chi connectivity index (χ4v) is 3.43. The molecular formula is C26H23N3O5. The molecule has 0 atom stereocenters. The summed E-state index contributed by atoms with van der Waals surface area (Å²) in [6.07, 6.45) is 1.59. The van der Waals surface area contributed by atoms with Crippen LogP contribution in [-0.2, 0) is 4.79 Å². The third kappa shape index (κ3) is 4.91. The smallest absolute Gasteiger partial charge is 0.256 e. The van der Waals surface area contributed by atoms with Crippen LogP contribution in [0.3, 0.4) is 0 Å². The lowest BCUT2D eigenvalue weighted by Gasteiger charge is -2.10. The van der Waals surface area contributed by atoms with Crippen LogP contribution in [0.25, 0.3) is 22.8 Å². The van der Waals surface area contributed by atoms with Gasteiger partial charge in [-0.2, -0.15) is 0 Å². The third-order valence-electron chi connectivity index (χ3n) is 5.05. The molecular weight excluding hydrogens is 434 g/mol. The number of ether oxygens (including phenoxy) is 2. The second kappa shape index (κ2) is 9.91. The molecule has 0 aliphatic heterocycles. The van der Waals surface area contributed by atoms with Gasteiger partial charge in [0.15, 0.2) is 5.76 Å². The highest BCUT2D eigenvalue weighted by Crippen LogP contribution is 2.35. The van der Waals surface area contributed by atoms with Gasteiger partial charge in [0, 0.05) is 29.9 Å². The molecule has 4 rings (SSSR count). The Morgan fingerprint density at radius 2 is 1.56 bits per heavy atom. The third-order valence-corrected chi connectivity index (χ3v) is 5.05. The van der Waals surface area contributed by atoms with Crippen molar-refractivity contribution in [3.8, 4) is 34.3 Å². The molecule has 2 N–H and O–H groups in total. The van der Waals surface area contributed by atoms with Crippen molar-refractivity contribution in [2.45, 2.75) is 6.92 Å². The maximum Gasteiger partial charge on any atom is 0.256 e. The molecule has 0 fully saturated rings. The van der Waals surface area contributed by atoms with E-state index in [4.69, 9.17) is 13.9 Å². The molecule has 0 aliphatic rings. The summed E-state index contributed by atoms with van der Waals surface area (Å²) in [4.78, 5) is 28.6.